The van der Waals surface area contributed by atoms with E-state index in [0.29, 0.717) is 35.2 Å². The molecule has 3 aromatic carbocycles. The normalized spacial score (nSPS) is 25.7. The van der Waals surface area contributed by atoms with Gasteiger partial charge in [0.05, 0.1) is 28.5 Å². The van der Waals surface area contributed by atoms with Crippen LogP contribution in [0.3, 0.4) is 0 Å². The van der Waals surface area contributed by atoms with E-state index in [0.717, 1.165) is 18.9 Å². The summed E-state index contributed by atoms with van der Waals surface area (Å²) >= 11 is 12.6. The van der Waals surface area contributed by atoms with Crippen LogP contribution in [0.1, 0.15) is 46.7 Å². The van der Waals surface area contributed by atoms with E-state index in [9.17, 15) is 24.5 Å². The second kappa shape index (κ2) is 10.8. The van der Waals surface area contributed by atoms with Gasteiger partial charge >= 0.3 is 5.97 Å². The van der Waals surface area contributed by atoms with Gasteiger partial charge in [0, 0.05) is 47.4 Å². The molecular weight excluding hydrogens is 626 g/mol. The number of benzene rings is 3. The number of fused-ring (bicyclic) bond motifs is 3. The summed E-state index contributed by atoms with van der Waals surface area (Å²) in [5.74, 6) is -4.09. The van der Waals surface area contributed by atoms with Crippen molar-refractivity contribution in [2.24, 2.45) is 11.8 Å². The predicted molar refractivity (Wildman–Crippen MR) is 164 cm³/mol. The average molecular weight is 653 g/mol. The van der Waals surface area contributed by atoms with Gasteiger partial charge in [0.25, 0.3) is 5.69 Å². The van der Waals surface area contributed by atoms with Crippen molar-refractivity contribution < 1.29 is 28.4 Å². The minimum absolute atomic E-state index is 0.000771. The number of ether oxygens (including phenoxy) is 1. The fourth-order valence-corrected chi connectivity index (χ4v) is 7.97. The van der Waals surface area contributed by atoms with E-state index in [1.165, 1.54) is 30.2 Å². The first kappa shape index (κ1) is 29.6. The molecule has 0 unspecified atom stereocenters. The fourth-order valence-electron chi connectivity index (χ4n) is 7.62. The maximum Gasteiger partial charge on any atom is 0.338 e. The van der Waals surface area contributed by atoms with Crippen molar-refractivity contribution >= 4 is 58.0 Å². The Labute approximate surface area is 267 Å². The van der Waals surface area contributed by atoms with Crippen LogP contribution in [0.4, 0.5) is 21.5 Å². The van der Waals surface area contributed by atoms with Crippen LogP contribution in [0.15, 0.2) is 54.6 Å². The molecule has 1 aliphatic carbocycles. The third kappa shape index (κ3) is 4.43. The number of nitrogens with one attached hydrogen (secondary N) is 1. The minimum atomic E-state index is -1.48. The lowest BCUT2D eigenvalue weighted by Gasteiger charge is -2.40. The maximum absolute atomic E-state index is 16.1. The number of carbonyl (C=O) groups excluding carboxylic acids is 3. The van der Waals surface area contributed by atoms with Gasteiger partial charge in [-0.25, -0.2) is 9.18 Å². The Morgan fingerprint density at radius 3 is 2.62 bits per heavy atom. The summed E-state index contributed by atoms with van der Waals surface area (Å²) in [6, 6.07) is 12.9. The zero-order valence-electron chi connectivity index (χ0n) is 24.0. The summed E-state index contributed by atoms with van der Waals surface area (Å²) in [7, 11) is 1.17. The molecule has 2 amide bonds. The summed E-state index contributed by atoms with van der Waals surface area (Å²) in [6.07, 6.45) is 2.29. The Morgan fingerprint density at radius 1 is 1.13 bits per heavy atom. The van der Waals surface area contributed by atoms with Gasteiger partial charge in [-0.3, -0.25) is 24.6 Å². The van der Waals surface area contributed by atoms with E-state index in [1.807, 2.05) is 0 Å². The Kier molecular flexibility index (Phi) is 7.10. The van der Waals surface area contributed by atoms with Gasteiger partial charge in [-0.1, -0.05) is 41.4 Å². The van der Waals surface area contributed by atoms with Crippen molar-refractivity contribution in [3.63, 3.8) is 0 Å². The lowest BCUT2D eigenvalue weighted by Crippen LogP contribution is -2.54. The lowest BCUT2D eigenvalue weighted by atomic mass is 9.70. The van der Waals surface area contributed by atoms with Gasteiger partial charge in [0.1, 0.15) is 17.0 Å². The van der Waals surface area contributed by atoms with Crippen LogP contribution < -0.4 is 10.2 Å². The summed E-state index contributed by atoms with van der Waals surface area (Å²) in [5.41, 5.74) is -0.783. The molecule has 232 valence electrons. The Balaban J connectivity index is 1.44. The summed E-state index contributed by atoms with van der Waals surface area (Å²) in [4.78, 5) is 56.3. The molecule has 0 radical (unpaired) electrons. The highest BCUT2D eigenvalue weighted by atomic mass is 35.5. The van der Waals surface area contributed by atoms with Crippen LogP contribution in [0.2, 0.25) is 10.0 Å². The molecule has 10 nitrogen and oxygen atoms in total. The van der Waals surface area contributed by atoms with Gasteiger partial charge in [0.15, 0.2) is 0 Å². The third-order valence-electron chi connectivity index (χ3n) is 9.62. The Bertz CT molecular complexity index is 1800. The standard InChI is InChI=1S/C32H27Cl2FN4O6/c1-45-30(41)17-7-10-23(25(13-17)39(43)44)37-12-11-24-26(29(37)40)27(19-3-2-4-21(34)28(19)35)32(38(24)15-16-5-6-16)20-9-8-18(33)14-22(20)36-31(32)42/h2-4,7-10,13-14,16,24,26-27H,5-6,11-12,15H2,1H3,(H,36,42)/t24-,26+,27-,32+/m0/s1. The topological polar surface area (TPSA) is 122 Å². The fraction of sp³-hybridized carbons (Fsp3) is 0.344. The molecule has 1 saturated carbocycles. The monoisotopic (exact) mass is 652 g/mol. The quantitative estimate of drug-likeness (QED) is 0.200. The van der Waals surface area contributed by atoms with E-state index in [4.69, 9.17) is 27.9 Å². The number of hydrogen-bond donors (Lipinski definition) is 1. The molecule has 7 rings (SSSR count). The summed E-state index contributed by atoms with van der Waals surface area (Å²) in [5, 5.41) is 15.4. The molecule has 1 N–H and O–H groups in total. The zero-order chi connectivity index (χ0) is 31.8. The van der Waals surface area contributed by atoms with Crippen LogP contribution in [-0.2, 0) is 19.9 Å². The number of carbonyl (C=O) groups is 3. The second-order valence-corrected chi connectivity index (χ2v) is 12.8. The first-order valence-corrected chi connectivity index (χ1v) is 15.3. The number of nitrogens with zero attached hydrogens (tertiary/aromatic N) is 3. The molecule has 3 fully saturated rings. The Hall–Kier alpha value is -4.06. The van der Waals surface area contributed by atoms with E-state index >= 15 is 4.39 Å². The van der Waals surface area contributed by atoms with Gasteiger partial charge in [-0.2, -0.15) is 0 Å². The number of nitro groups is 1. The highest BCUT2D eigenvalue weighted by Crippen LogP contribution is 2.62. The molecule has 3 heterocycles. The number of likely N-dealkylation sites (tertiary alicyclic amines) is 1. The molecule has 0 bridgehead atoms. The second-order valence-electron chi connectivity index (χ2n) is 12.0. The first-order valence-electron chi connectivity index (χ1n) is 14.6. The highest BCUT2D eigenvalue weighted by molar-refractivity contribution is 6.31. The van der Waals surface area contributed by atoms with Crippen molar-refractivity contribution in [1.82, 2.24) is 4.90 Å². The van der Waals surface area contributed by atoms with Crippen LogP contribution in [0.5, 0.6) is 0 Å². The summed E-state index contributed by atoms with van der Waals surface area (Å²) < 4.78 is 20.9. The lowest BCUT2D eigenvalue weighted by molar-refractivity contribution is -0.384. The molecule has 3 aromatic rings. The minimum Gasteiger partial charge on any atom is -0.465 e. The molecule has 2 saturated heterocycles. The van der Waals surface area contributed by atoms with Crippen LogP contribution >= 0.6 is 23.2 Å². The van der Waals surface area contributed by atoms with Crippen LogP contribution in [-0.4, -0.2) is 53.8 Å². The average Bonchev–Trinajstić information content (AvgIpc) is 3.74. The number of halogens is 3. The Morgan fingerprint density at radius 2 is 1.91 bits per heavy atom. The van der Waals surface area contributed by atoms with E-state index < -0.39 is 57.6 Å². The molecule has 4 atom stereocenters. The van der Waals surface area contributed by atoms with Gasteiger partial charge in [0.2, 0.25) is 11.8 Å². The number of anilines is 2. The number of nitro benzene ring substituents is 1. The molecule has 45 heavy (non-hydrogen) atoms. The SMILES string of the molecule is COC(=O)c1ccc(N2CC[C@H]3[C@@H](C2=O)[C@H](c2cccc(Cl)c2F)[C@]2(C(=O)Nc4cc(Cl)ccc42)N3CC2CC2)c([N+](=O)[O-])c1. The zero-order valence-corrected chi connectivity index (χ0v) is 25.5. The number of hydrogen-bond acceptors (Lipinski definition) is 7. The van der Waals surface area contributed by atoms with E-state index in [1.54, 1.807) is 30.3 Å². The van der Waals surface area contributed by atoms with Crippen molar-refractivity contribution in [2.45, 2.75) is 36.8 Å². The number of amides is 2. The first-order chi connectivity index (χ1) is 21.6. The van der Waals surface area contributed by atoms with Crippen LogP contribution in [0, 0.1) is 27.8 Å². The highest BCUT2D eigenvalue weighted by Gasteiger charge is 2.70. The molecule has 4 aliphatic rings. The number of rotatable bonds is 6. The largest absolute Gasteiger partial charge is 0.465 e. The molecule has 1 spiro atoms. The van der Waals surface area contributed by atoms with Gasteiger partial charge in [-0.15, -0.1) is 0 Å². The van der Waals surface area contributed by atoms with Crippen molar-refractivity contribution in [1.29, 1.82) is 0 Å². The molecule has 3 aliphatic heterocycles. The molecule has 13 heteroatoms. The maximum atomic E-state index is 16.1. The molecular formula is C32H27Cl2FN4O6. The van der Waals surface area contributed by atoms with Crippen molar-refractivity contribution in [2.75, 3.05) is 30.4 Å². The number of piperidine rings is 1. The van der Waals surface area contributed by atoms with Crippen molar-refractivity contribution in [3.8, 4) is 0 Å². The number of methoxy groups -OCH3 is 1. The van der Waals surface area contributed by atoms with Gasteiger partial charge in [-0.05, 0) is 61.1 Å². The van der Waals surface area contributed by atoms with Gasteiger partial charge < -0.3 is 15.0 Å². The number of esters is 1. The molecule has 0 aromatic heterocycles. The van der Waals surface area contributed by atoms with E-state index in [-0.39, 0.29) is 28.4 Å². The van der Waals surface area contributed by atoms with E-state index in [2.05, 4.69) is 10.2 Å². The third-order valence-corrected chi connectivity index (χ3v) is 10.1. The van der Waals surface area contributed by atoms with Crippen molar-refractivity contribution in [3.05, 3.63) is 97.3 Å². The summed E-state index contributed by atoms with van der Waals surface area (Å²) in [6.45, 7) is 0.617. The predicted octanol–water partition coefficient (Wildman–Crippen LogP) is 5.91. The van der Waals surface area contributed by atoms with Crippen LogP contribution in [0.25, 0.3) is 0 Å². The smallest absolute Gasteiger partial charge is 0.338 e.